The monoisotopic (exact) mass is 934 g/mol. The molecule has 0 unspecified atom stereocenters. The van der Waals surface area contributed by atoms with Crippen molar-refractivity contribution in [1.29, 1.82) is 0 Å². The lowest BCUT2D eigenvalue weighted by molar-refractivity contribution is 0.0298. The van der Waals surface area contributed by atoms with Crippen LogP contribution >= 0.6 is 0 Å². The first-order valence-corrected chi connectivity index (χ1v) is 23.1. The summed E-state index contributed by atoms with van der Waals surface area (Å²) in [5.74, 6) is 1.52. The second-order valence-electron chi connectivity index (χ2n) is 17.8. The molecule has 22 nitrogen and oxygen atoms in total. The first-order valence-electron chi connectivity index (χ1n) is 23.1. The number of methoxy groups -OCH3 is 2. The van der Waals surface area contributed by atoms with E-state index in [4.69, 9.17) is 9.47 Å². The fourth-order valence-electron chi connectivity index (χ4n) is 9.41. The summed E-state index contributed by atoms with van der Waals surface area (Å²) in [4.78, 5) is 61.2. The zero-order chi connectivity index (χ0) is 47.6. The van der Waals surface area contributed by atoms with Gasteiger partial charge in [0, 0.05) is 64.9 Å². The summed E-state index contributed by atoms with van der Waals surface area (Å²) in [5, 5.41) is 47.0. The van der Waals surface area contributed by atoms with E-state index in [-0.39, 0.29) is 59.3 Å². The number of nitrogens with zero attached hydrogens (tertiary/aromatic N) is 8. The van der Waals surface area contributed by atoms with Crippen molar-refractivity contribution in [2.45, 2.75) is 113 Å². The Labute approximate surface area is 390 Å². The van der Waals surface area contributed by atoms with E-state index in [1.807, 2.05) is 0 Å². The number of rotatable bonds is 14. The summed E-state index contributed by atoms with van der Waals surface area (Å²) >= 11 is 0. The number of amides is 2. The topological polar surface area (TPSA) is 270 Å². The number of pyridine rings is 2. The molecule has 4 fully saturated rings. The number of aliphatic hydroxyl groups is 2. The molecule has 0 spiro atoms. The Bertz CT molecular complexity index is 2740. The predicted octanol–water partition coefficient (Wildman–Crippen LogP) is 3.34. The Morgan fingerprint density at radius 3 is 1.40 bits per heavy atom. The van der Waals surface area contributed by atoms with Crippen LogP contribution in [0.1, 0.15) is 97.0 Å². The second kappa shape index (κ2) is 19.8. The molecule has 360 valence electrons. The van der Waals surface area contributed by atoms with Gasteiger partial charge in [-0.1, -0.05) is 0 Å². The van der Waals surface area contributed by atoms with E-state index in [0.29, 0.717) is 69.9 Å². The largest absolute Gasteiger partial charge is 0.391 e. The molecule has 0 aliphatic heterocycles. The number of aromatic nitrogens is 8. The molecule has 68 heavy (non-hydrogen) atoms. The summed E-state index contributed by atoms with van der Waals surface area (Å²) in [6.07, 6.45) is 13.7. The molecular formula is C46H58N14O8. The summed E-state index contributed by atoms with van der Waals surface area (Å²) in [5.41, 5.74) is 1.65. The minimum atomic E-state index is -0.509. The fraction of sp³-hybridized carbons (Fsp3) is 0.478. The van der Waals surface area contributed by atoms with Crippen LogP contribution in [0.2, 0.25) is 0 Å². The fourth-order valence-corrected chi connectivity index (χ4v) is 9.41. The van der Waals surface area contributed by atoms with Gasteiger partial charge in [0.05, 0.1) is 48.9 Å². The lowest BCUT2D eigenvalue weighted by Gasteiger charge is -2.34. The third kappa shape index (κ3) is 9.23. The van der Waals surface area contributed by atoms with Crippen molar-refractivity contribution in [3.63, 3.8) is 0 Å². The van der Waals surface area contributed by atoms with Crippen molar-refractivity contribution < 1.29 is 29.3 Å². The summed E-state index contributed by atoms with van der Waals surface area (Å²) in [6, 6.07) is 9.97. The first-order chi connectivity index (χ1) is 33.0. The standard InChI is InChI=1S/2C23H29N7O4/c2*1-24-20-11-19(27-16-4-3-9-29(23(16)33)17-7-8-18(17)31)28-21-15(12-25-30(20)21)22(32)26-13-5-6-14(10-13)34-2/h2*3-4,9,11-14,17-18,24,31H,5-8,10H2,1-2H3,(H,26,32)(H,27,28)/t13-,14-,17+,18-;13-,14-,17-,18+/m01/s1. The Hall–Kier alpha value is -6.88. The van der Waals surface area contributed by atoms with Gasteiger partial charge in [0.25, 0.3) is 22.9 Å². The number of nitrogens with one attached hydrogen (secondary N) is 6. The third-order valence-corrected chi connectivity index (χ3v) is 13.6. The van der Waals surface area contributed by atoms with E-state index in [1.165, 1.54) is 12.4 Å². The van der Waals surface area contributed by atoms with Crippen LogP contribution in [0.3, 0.4) is 0 Å². The number of fused-ring (bicyclic) bond motifs is 2. The molecule has 0 radical (unpaired) electrons. The van der Waals surface area contributed by atoms with Gasteiger partial charge in [-0.15, -0.1) is 0 Å². The summed E-state index contributed by atoms with van der Waals surface area (Å²) < 4.78 is 17.0. The van der Waals surface area contributed by atoms with Crippen molar-refractivity contribution >= 4 is 57.8 Å². The highest BCUT2D eigenvalue weighted by atomic mass is 16.5. The predicted molar refractivity (Wildman–Crippen MR) is 253 cm³/mol. The highest BCUT2D eigenvalue weighted by Gasteiger charge is 2.33. The maximum absolute atomic E-state index is 13.0. The summed E-state index contributed by atoms with van der Waals surface area (Å²) in [7, 11) is 6.87. The maximum Gasteiger partial charge on any atom is 0.274 e. The molecule has 2 amide bonds. The Kier molecular flexibility index (Phi) is 13.4. The van der Waals surface area contributed by atoms with Crippen LogP contribution in [0.15, 0.2) is 70.8 Å². The zero-order valence-corrected chi connectivity index (χ0v) is 38.4. The van der Waals surface area contributed by atoms with Gasteiger partial charge in [0.15, 0.2) is 11.3 Å². The van der Waals surface area contributed by atoms with Gasteiger partial charge in [-0.05, 0) is 88.5 Å². The van der Waals surface area contributed by atoms with Crippen molar-refractivity contribution in [2.75, 3.05) is 49.6 Å². The van der Waals surface area contributed by atoms with Crippen LogP contribution in [0.4, 0.5) is 34.6 Å². The van der Waals surface area contributed by atoms with Gasteiger partial charge < -0.3 is 60.7 Å². The smallest absolute Gasteiger partial charge is 0.274 e. The van der Waals surface area contributed by atoms with Crippen LogP contribution in [0.5, 0.6) is 0 Å². The molecule has 8 N–H and O–H groups in total. The number of hydrogen-bond donors (Lipinski definition) is 8. The van der Waals surface area contributed by atoms with E-state index in [0.717, 1.165) is 51.4 Å². The average Bonchev–Trinajstić information content (AvgIpc) is 4.17. The molecule has 6 aromatic rings. The van der Waals surface area contributed by atoms with Crippen molar-refractivity contribution in [3.05, 3.63) is 93.0 Å². The molecule has 4 aliphatic rings. The van der Waals surface area contributed by atoms with Crippen LogP contribution in [0.25, 0.3) is 11.3 Å². The lowest BCUT2D eigenvalue weighted by atomic mass is 9.89. The molecule has 8 atom stereocenters. The van der Waals surface area contributed by atoms with E-state index >= 15 is 0 Å². The van der Waals surface area contributed by atoms with Gasteiger partial charge in [-0.25, -0.2) is 9.97 Å². The second-order valence-corrected chi connectivity index (χ2v) is 17.8. The first kappa shape index (κ1) is 46.2. The molecule has 0 aromatic carbocycles. The van der Waals surface area contributed by atoms with Gasteiger partial charge in [0.1, 0.15) is 45.8 Å². The number of aliphatic hydroxyl groups excluding tert-OH is 2. The van der Waals surface area contributed by atoms with Gasteiger partial charge >= 0.3 is 0 Å². The maximum atomic E-state index is 13.0. The number of ether oxygens (including phenoxy) is 2. The van der Waals surface area contributed by atoms with E-state index in [2.05, 4.69) is 52.1 Å². The normalized spacial score (nSPS) is 24.1. The molecule has 0 bridgehead atoms. The number of hydrogen-bond acceptors (Lipinski definition) is 16. The van der Waals surface area contributed by atoms with Gasteiger partial charge in [0.2, 0.25) is 0 Å². The van der Waals surface area contributed by atoms with Crippen LogP contribution in [0, 0.1) is 0 Å². The molecular weight excluding hydrogens is 877 g/mol. The van der Waals surface area contributed by atoms with Gasteiger partial charge in [-0.2, -0.15) is 19.2 Å². The number of carbonyl (C=O) groups is 2. The average molecular weight is 935 g/mol. The molecule has 0 saturated heterocycles. The SMILES string of the molecule is CNc1cc(Nc2cccn([C@@H]3CC[C@@H]3O)c2=O)nc2c(C(=O)N[C@@H]3CC[C@@H](OC)C3)cnn12.CNc1cc(Nc2cccn([C@@H]3CC[C@@H]3O)c2=O)nc2c(C(=O)N[C@H]3CC[C@H](OC)C3)cnn12. The molecule has 6 aromatic heterocycles. The van der Waals surface area contributed by atoms with Crippen LogP contribution < -0.4 is 43.0 Å². The van der Waals surface area contributed by atoms with E-state index in [9.17, 15) is 29.4 Å². The van der Waals surface area contributed by atoms with Crippen LogP contribution in [-0.4, -0.2) is 125 Å². The van der Waals surface area contributed by atoms with Crippen molar-refractivity contribution in [1.82, 2.24) is 49.0 Å². The zero-order valence-electron chi connectivity index (χ0n) is 38.4. The van der Waals surface area contributed by atoms with E-state index in [1.54, 1.807) is 95.3 Å². The molecule has 10 rings (SSSR count). The number of carbonyl (C=O) groups excluding carboxylic acids is 2. The minimum Gasteiger partial charge on any atom is -0.391 e. The molecule has 22 heteroatoms. The van der Waals surface area contributed by atoms with Gasteiger partial charge in [-0.3, -0.25) is 19.2 Å². The molecule has 4 saturated carbocycles. The molecule has 6 heterocycles. The van der Waals surface area contributed by atoms with E-state index < -0.39 is 12.2 Å². The third-order valence-electron chi connectivity index (χ3n) is 13.6. The number of anilines is 6. The minimum absolute atomic E-state index is 0.0436. The highest BCUT2D eigenvalue weighted by Crippen LogP contribution is 2.33. The summed E-state index contributed by atoms with van der Waals surface area (Å²) in [6.45, 7) is 0. The quantitative estimate of drug-likeness (QED) is 0.0778. The highest BCUT2D eigenvalue weighted by molar-refractivity contribution is 6.01. The Morgan fingerprint density at radius 2 is 1.06 bits per heavy atom. The lowest BCUT2D eigenvalue weighted by Crippen LogP contribution is -2.39. The van der Waals surface area contributed by atoms with Crippen LogP contribution in [-0.2, 0) is 9.47 Å². The Morgan fingerprint density at radius 1 is 0.632 bits per heavy atom. The van der Waals surface area contributed by atoms with Crippen molar-refractivity contribution in [2.24, 2.45) is 0 Å². The van der Waals surface area contributed by atoms with Crippen molar-refractivity contribution in [3.8, 4) is 0 Å². The Balaban J connectivity index is 0.000000170. The molecule has 4 aliphatic carbocycles.